The van der Waals surface area contributed by atoms with Crippen LogP contribution in [-0.4, -0.2) is 6.54 Å². The molecule has 0 aliphatic heterocycles. The number of benzene rings is 2. The monoisotopic (exact) mass is 293 g/mol. The van der Waals surface area contributed by atoms with E-state index >= 15 is 0 Å². The molecular formula is C16H17ClFNO. The van der Waals surface area contributed by atoms with Crippen LogP contribution in [0.3, 0.4) is 0 Å². The van der Waals surface area contributed by atoms with Gasteiger partial charge in [-0.25, -0.2) is 4.39 Å². The van der Waals surface area contributed by atoms with E-state index in [4.69, 9.17) is 16.3 Å². The molecule has 0 aromatic heterocycles. The molecule has 0 saturated heterocycles. The van der Waals surface area contributed by atoms with Crippen molar-refractivity contribution in [2.45, 2.75) is 19.9 Å². The Morgan fingerprint density at radius 2 is 1.80 bits per heavy atom. The molecule has 0 atom stereocenters. The van der Waals surface area contributed by atoms with Gasteiger partial charge in [0.25, 0.3) is 0 Å². The largest absolute Gasteiger partial charge is 0.457 e. The van der Waals surface area contributed by atoms with Crippen LogP contribution in [0.5, 0.6) is 11.5 Å². The average Bonchev–Trinajstić information content (AvgIpc) is 2.45. The first kappa shape index (κ1) is 14.8. The zero-order chi connectivity index (χ0) is 14.4. The summed E-state index contributed by atoms with van der Waals surface area (Å²) in [6.07, 6.45) is 1.12. The SMILES string of the molecule is CCCNCc1ccc(Oc2ccc(F)c(Cl)c2)cc1. The van der Waals surface area contributed by atoms with Gasteiger partial charge in [0.15, 0.2) is 0 Å². The summed E-state index contributed by atoms with van der Waals surface area (Å²) in [5, 5.41) is 3.39. The first-order chi connectivity index (χ1) is 9.69. The fraction of sp³-hybridized carbons (Fsp3) is 0.250. The molecule has 2 nitrogen and oxygen atoms in total. The van der Waals surface area contributed by atoms with Gasteiger partial charge in [-0.2, -0.15) is 0 Å². The molecule has 106 valence electrons. The summed E-state index contributed by atoms with van der Waals surface area (Å²) in [5.74, 6) is 0.775. The molecule has 2 aromatic carbocycles. The maximum absolute atomic E-state index is 13.0. The van der Waals surface area contributed by atoms with Crippen molar-refractivity contribution in [3.05, 3.63) is 58.9 Å². The molecule has 2 aromatic rings. The molecule has 0 unspecified atom stereocenters. The molecule has 0 radical (unpaired) electrons. The Labute approximate surface area is 123 Å². The van der Waals surface area contributed by atoms with Crippen molar-refractivity contribution in [2.75, 3.05) is 6.54 Å². The van der Waals surface area contributed by atoms with E-state index < -0.39 is 5.82 Å². The molecule has 0 spiro atoms. The third-order valence-electron chi connectivity index (χ3n) is 2.81. The van der Waals surface area contributed by atoms with Gasteiger partial charge in [-0.05, 0) is 42.8 Å². The van der Waals surface area contributed by atoms with Crippen LogP contribution in [0.2, 0.25) is 5.02 Å². The second-order valence-electron chi connectivity index (χ2n) is 4.50. The fourth-order valence-electron chi connectivity index (χ4n) is 1.76. The van der Waals surface area contributed by atoms with Crippen molar-refractivity contribution in [3.63, 3.8) is 0 Å². The first-order valence-corrected chi connectivity index (χ1v) is 6.99. The lowest BCUT2D eigenvalue weighted by molar-refractivity contribution is 0.480. The van der Waals surface area contributed by atoms with E-state index in [-0.39, 0.29) is 5.02 Å². The highest BCUT2D eigenvalue weighted by molar-refractivity contribution is 6.30. The van der Waals surface area contributed by atoms with E-state index in [1.807, 2.05) is 24.3 Å². The Morgan fingerprint density at radius 1 is 1.10 bits per heavy atom. The number of hydrogen-bond acceptors (Lipinski definition) is 2. The van der Waals surface area contributed by atoms with Crippen LogP contribution in [0.15, 0.2) is 42.5 Å². The van der Waals surface area contributed by atoms with E-state index in [1.165, 1.54) is 17.7 Å². The molecule has 0 aliphatic carbocycles. The summed E-state index contributed by atoms with van der Waals surface area (Å²) in [6, 6.07) is 12.1. The lowest BCUT2D eigenvalue weighted by atomic mass is 10.2. The minimum absolute atomic E-state index is 0.0582. The normalized spacial score (nSPS) is 10.6. The van der Waals surface area contributed by atoms with Gasteiger partial charge in [0.1, 0.15) is 17.3 Å². The molecule has 0 fully saturated rings. The topological polar surface area (TPSA) is 21.3 Å². The summed E-state index contributed by atoms with van der Waals surface area (Å²) in [4.78, 5) is 0. The number of nitrogens with one attached hydrogen (secondary N) is 1. The van der Waals surface area contributed by atoms with Crippen molar-refractivity contribution < 1.29 is 9.13 Å². The maximum atomic E-state index is 13.0. The lowest BCUT2D eigenvalue weighted by Crippen LogP contribution is -2.13. The molecule has 0 bridgehead atoms. The van der Waals surface area contributed by atoms with Crippen LogP contribution in [0.4, 0.5) is 4.39 Å². The second-order valence-corrected chi connectivity index (χ2v) is 4.91. The predicted molar refractivity (Wildman–Crippen MR) is 79.9 cm³/mol. The van der Waals surface area contributed by atoms with Crippen LogP contribution < -0.4 is 10.1 Å². The fourth-order valence-corrected chi connectivity index (χ4v) is 1.93. The van der Waals surface area contributed by atoms with Gasteiger partial charge >= 0.3 is 0 Å². The van der Waals surface area contributed by atoms with Gasteiger partial charge in [0.05, 0.1) is 5.02 Å². The minimum atomic E-state index is -0.448. The number of hydrogen-bond donors (Lipinski definition) is 1. The van der Waals surface area contributed by atoms with E-state index in [2.05, 4.69) is 12.2 Å². The van der Waals surface area contributed by atoms with Crippen LogP contribution in [0, 0.1) is 5.82 Å². The highest BCUT2D eigenvalue weighted by Crippen LogP contribution is 2.26. The van der Waals surface area contributed by atoms with Gasteiger partial charge in [-0.3, -0.25) is 0 Å². The van der Waals surface area contributed by atoms with Crippen molar-refractivity contribution in [2.24, 2.45) is 0 Å². The molecule has 0 amide bonds. The Kier molecular flexibility index (Phi) is 5.39. The molecule has 1 N–H and O–H groups in total. The zero-order valence-electron chi connectivity index (χ0n) is 11.3. The number of rotatable bonds is 6. The zero-order valence-corrected chi connectivity index (χ0v) is 12.1. The highest BCUT2D eigenvalue weighted by Gasteiger charge is 2.03. The summed E-state index contributed by atoms with van der Waals surface area (Å²) < 4.78 is 18.7. The standard InChI is InChI=1S/C16H17ClFNO/c1-2-9-19-11-12-3-5-13(6-4-12)20-14-7-8-16(18)15(17)10-14/h3-8,10,19H,2,9,11H2,1H3. The Hall–Kier alpha value is -1.58. The van der Waals surface area contributed by atoms with Crippen molar-refractivity contribution >= 4 is 11.6 Å². The molecule has 20 heavy (non-hydrogen) atoms. The van der Waals surface area contributed by atoms with E-state index in [9.17, 15) is 4.39 Å². The Bertz CT molecular complexity index is 557. The third-order valence-corrected chi connectivity index (χ3v) is 3.10. The number of ether oxygens (including phenoxy) is 1. The molecule has 0 saturated carbocycles. The van der Waals surface area contributed by atoms with Crippen LogP contribution in [0.1, 0.15) is 18.9 Å². The maximum Gasteiger partial charge on any atom is 0.142 e. The van der Waals surface area contributed by atoms with Gasteiger partial charge in [0.2, 0.25) is 0 Å². The molecule has 0 heterocycles. The van der Waals surface area contributed by atoms with E-state index in [1.54, 1.807) is 6.07 Å². The van der Waals surface area contributed by atoms with Crippen LogP contribution in [0.25, 0.3) is 0 Å². The van der Waals surface area contributed by atoms with Gasteiger partial charge in [0, 0.05) is 12.6 Å². The van der Waals surface area contributed by atoms with Gasteiger partial charge < -0.3 is 10.1 Å². The number of halogens is 2. The Balaban J connectivity index is 1.97. The van der Waals surface area contributed by atoms with E-state index in [0.717, 1.165) is 19.5 Å². The molecular weight excluding hydrogens is 277 g/mol. The summed E-state index contributed by atoms with van der Waals surface area (Å²) >= 11 is 5.71. The van der Waals surface area contributed by atoms with Crippen molar-refractivity contribution in [1.82, 2.24) is 5.32 Å². The van der Waals surface area contributed by atoms with Crippen LogP contribution in [-0.2, 0) is 6.54 Å². The predicted octanol–water partition coefficient (Wildman–Crippen LogP) is 4.77. The highest BCUT2D eigenvalue weighted by atomic mass is 35.5. The van der Waals surface area contributed by atoms with Crippen molar-refractivity contribution in [1.29, 1.82) is 0 Å². The summed E-state index contributed by atoms with van der Waals surface area (Å²) in [6.45, 7) is 3.99. The smallest absolute Gasteiger partial charge is 0.142 e. The Morgan fingerprint density at radius 3 is 2.45 bits per heavy atom. The van der Waals surface area contributed by atoms with Crippen LogP contribution >= 0.6 is 11.6 Å². The second kappa shape index (κ2) is 7.27. The van der Waals surface area contributed by atoms with E-state index in [0.29, 0.717) is 11.5 Å². The van der Waals surface area contributed by atoms with Gasteiger partial charge in [-0.15, -0.1) is 0 Å². The first-order valence-electron chi connectivity index (χ1n) is 6.61. The molecule has 4 heteroatoms. The summed E-state index contributed by atoms with van der Waals surface area (Å²) in [5.41, 5.74) is 1.20. The molecule has 2 rings (SSSR count). The quantitative estimate of drug-likeness (QED) is 0.775. The third kappa shape index (κ3) is 4.22. The summed E-state index contributed by atoms with van der Waals surface area (Å²) in [7, 11) is 0. The minimum Gasteiger partial charge on any atom is -0.457 e. The lowest BCUT2D eigenvalue weighted by Gasteiger charge is -2.08. The van der Waals surface area contributed by atoms with Gasteiger partial charge in [-0.1, -0.05) is 30.7 Å². The molecule has 0 aliphatic rings. The van der Waals surface area contributed by atoms with Crippen molar-refractivity contribution in [3.8, 4) is 11.5 Å². The average molecular weight is 294 g/mol.